The molecule has 0 aliphatic heterocycles. The summed E-state index contributed by atoms with van der Waals surface area (Å²) in [6.07, 6.45) is 1.59. The predicted octanol–water partition coefficient (Wildman–Crippen LogP) is 3.27. The summed E-state index contributed by atoms with van der Waals surface area (Å²) in [7, 11) is 0. The molecule has 0 saturated carbocycles. The largest absolute Gasteiger partial charge is 0.294 e. The number of aromatic amines is 1. The Morgan fingerprint density at radius 3 is 2.33 bits per heavy atom. The van der Waals surface area contributed by atoms with E-state index in [4.69, 9.17) is 0 Å². The Balaban J connectivity index is 1.93. The van der Waals surface area contributed by atoms with Gasteiger partial charge in [-0.15, -0.1) is 0 Å². The molecule has 0 bridgehead atoms. The van der Waals surface area contributed by atoms with Crippen molar-refractivity contribution in [2.24, 2.45) is 5.10 Å². The quantitative estimate of drug-likeness (QED) is 0.521. The summed E-state index contributed by atoms with van der Waals surface area (Å²) in [6.45, 7) is 3.77. The Morgan fingerprint density at radius 1 is 1.07 bits per heavy atom. The molecule has 6 heteroatoms. The number of amides is 1. The Hall–Kier alpha value is -3.41. The predicted molar refractivity (Wildman–Crippen MR) is 107 cm³/mol. The van der Waals surface area contributed by atoms with Crippen molar-refractivity contribution in [3.8, 4) is 5.69 Å². The molecular weight excluding hydrogens is 340 g/mol. The maximum atomic E-state index is 13.0. The van der Waals surface area contributed by atoms with Crippen molar-refractivity contribution < 1.29 is 4.79 Å². The van der Waals surface area contributed by atoms with Crippen LogP contribution >= 0.6 is 0 Å². The van der Waals surface area contributed by atoms with E-state index in [1.54, 1.807) is 31.2 Å². The van der Waals surface area contributed by atoms with Gasteiger partial charge in [-0.2, -0.15) is 5.10 Å². The third-order valence-corrected chi connectivity index (χ3v) is 4.20. The molecule has 0 atom stereocenters. The van der Waals surface area contributed by atoms with E-state index in [0.717, 1.165) is 17.8 Å². The minimum absolute atomic E-state index is 0.181. The number of nitrogens with one attached hydrogen (secondary N) is 2. The van der Waals surface area contributed by atoms with Crippen LogP contribution in [0.2, 0.25) is 0 Å². The molecule has 2 N–H and O–H groups in total. The summed E-state index contributed by atoms with van der Waals surface area (Å²) in [5, 5.41) is 7.34. The standard InChI is InChI=1S/C21H22N4O2/c1-3-10-18-19(21(27)25(24-18)17-13-8-5-9-14-17)15(2)22-23-20(26)16-11-6-4-7-12-16/h4-9,11-14,24H,3,10H2,1-2H3,(H,23,26). The van der Waals surface area contributed by atoms with Gasteiger partial charge in [0.2, 0.25) is 0 Å². The van der Waals surface area contributed by atoms with Crippen molar-refractivity contribution in [3.63, 3.8) is 0 Å². The van der Waals surface area contributed by atoms with Crippen molar-refractivity contribution in [1.82, 2.24) is 15.2 Å². The van der Waals surface area contributed by atoms with Gasteiger partial charge < -0.3 is 0 Å². The Morgan fingerprint density at radius 2 is 1.70 bits per heavy atom. The zero-order valence-electron chi connectivity index (χ0n) is 15.4. The normalized spacial score (nSPS) is 11.4. The molecule has 138 valence electrons. The molecule has 27 heavy (non-hydrogen) atoms. The number of rotatable bonds is 6. The molecule has 2 aromatic carbocycles. The highest BCUT2D eigenvalue weighted by Gasteiger charge is 2.17. The Kier molecular flexibility index (Phi) is 5.66. The van der Waals surface area contributed by atoms with Crippen LogP contribution in [0.1, 0.15) is 41.9 Å². The van der Waals surface area contributed by atoms with E-state index in [-0.39, 0.29) is 11.5 Å². The molecule has 0 aliphatic rings. The van der Waals surface area contributed by atoms with E-state index < -0.39 is 0 Å². The van der Waals surface area contributed by atoms with Crippen molar-refractivity contribution >= 4 is 11.6 Å². The lowest BCUT2D eigenvalue weighted by molar-refractivity contribution is 0.0955. The molecule has 3 aromatic rings. The van der Waals surface area contributed by atoms with Crippen LogP contribution < -0.4 is 11.0 Å². The summed E-state index contributed by atoms with van der Waals surface area (Å²) in [4.78, 5) is 25.2. The first kappa shape index (κ1) is 18.4. The zero-order valence-corrected chi connectivity index (χ0v) is 15.4. The summed E-state index contributed by atoms with van der Waals surface area (Å²) in [5.74, 6) is -0.314. The molecule has 0 fully saturated rings. The summed E-state index contributed by atoms with van der Waals surface area (Å²) >= 11 is 0. The van der Waals surface area contributed by atoms with Crippen LogP contribution in [0.4, 0.5) is 0 Å². The van der Waals surface area contributed by atoms with Crippen LogP contribution in [-0.2, 0) is 6.42 Å². The molecule has 1 heterocycles. The fourth-order valence-corrected chi connectivity index (χ4v) is 2.89. The molecule has 0 spiro atoms. The number of carbonyl (C=O) groups excluding carboxylic acids is 1. The number of aromatic nitrogens is 2. The second-order valence-electron chi connectivity index (χ2n) is 6.20. The van der Waals surface area contributed by atoms with E-state index in [2.05, 4.69) is 15.6 Å². The highest BCUT2D eigenvalue weighted by atomic mass is 16.2. The van der Waals surface area contributed by atoms with Crippen LogP contribution in [0.25, 0.3) is 5.69 Å². The summed E-state index contributed by atoms with van der Waals surface area (Å²) in [5.41, 5.74) is 5.39. The highest BCUT2D eigenvalue weighted by molar-refractivity contribution is 6.01. The number of hydrazone groups is 1. The highest BCUT2D eigenvalue weighted by Crippen LogP contribution is 2.11. The van der Waals surface area contributed by atoms with Gasteiger partial charge in [0.1, 0.15) is 0 Å². The van der Waals surface area contributed by atoms with Gasteiger partial charge in [-0.1, -0.05) is 49.7 Å². The average Bonchev–Trinajstić information content (AvgIpc) is 3.03. The van der Waals surface area contributed by atoms with Crippen LogP contribution in [0, 0.1) is 0 Å². The van der Waals surface area contributed by atoms with Crippen LogP contribution in [0.3, 0.4) is 0 Å². The van der Waals surface area contributed by atoms with Gasteiger partial charge in [-0.25, -0.2) is 10.1 Å². The number of hydrogen-bond donors (Lipinski definition) is 2. The summed E-state index contributed by atoms with van der Waals surface area (Å²) in [6, 6.07) is 18.2. The Bertz CT molecular complexity index is 1000. The molecule has 6 nitrogen and oxygen atoms in total. The van der Waals surface area contributed by atoms with Gasteiger partial charge in [0, 0.05) is 11.3 Å². The topological polar surface area (TPSA) is 79.2 Å². The average molecular weight is 362 g/mol. The molecule has 1 amide bonds. The van der Waals surface area contributed by atoms with Gasteiger partial charge in [-0.3, -0.25) is 14.7 Å². The van der Waals surface area contributed by atoms with E-state index in [1.807, 2.05) is 43.3 Å². The first-order valence-corrected chi connectivity index (χ1v) is 8.91. The molecular formula is C21H22N4O2. The van der Waals surface area contributed by atoms with Crippen LogP contribution in [-0.4, -0.2) is 21.4 Å². The van der Waals surface area contributed by atoms with Crippen LogP contribution in [0.5, 0.6) is 0 Å². The molecule has 0 aliphatic carbocycles. The van der Waals surface area contributed by atoms with Crippen LogP contribution in [0.15, 0.2) is 70.6 Å². The van der Waals surface area contributed by atoms with Gasteiger partial charge >= 0.3 is 0 Å². The fourth-order valence-electron chi connectivity index (χ4n) is 2.89. The minimum atomic E-state index is -0.314. The lowest BCUT2D eigenvalue weighted by Crippen LogP contribution is -2.23. The van der Waals surface area contributed by atoms with E-state index in [0.29, 0.717) is 23.3 Å². The third-order valence-electron chi connectivity index (χ3n) is 4.20. The van der Waals surface area contributed by atoms with Gasteiger partial charge in [0.05, 0.1) is 17.0 Å². The number of aryl methyl sites for hydroxylation is 1. The minimum Gasteiger partial charge on any atom is -0.294 e. The molecule has 1 aromatic heterocycles. The second kappa shape index (κ2) is 8.31. The third kappa shape index (κ3) is 4.06. The maximum absolute atomic E-state index is 13.0. The lowest BCUT2D eigenvalue weighted by atomic mass is 10.1. The zero-order chi connectivity index (χ0) is 19.2. The summed E-state index contributed by atoms with van der Waals surface area (Å²) < 4.78 is 1.51. The molecule has 0 unspecified atom stereocenters. The van der Waals surface area contributed by atoms with Gasteiger partial charge in [0.25, 0.3) is 11.5 Å². The van der Waals surface area contributed by atoms with Crippen molar-refractivity contribution in [2.45, 2.75) is 26.7 Å². The van der Waals surface area contributed by atoms with E-state index in [1.165, 1.54) is 4.68 Å². The number of benzene rings is 2. The lowest BCUT2D eigenvalue weighted by Gasteiger charge is -2.02. The second-order valence-corrected chi connectivity index (χ2v) is 6.20. The first-order valence-electron chi connectivity index (χ1n) is 8.91. The number of para-hydroxylation sites is 1. The van der Waals surface area contributed by atoms with Crippen molar-refractivity contribution in [3.05, 3.63) is 87.8 Å². The molecule has 3 rings (SSSR count). The van der Waals surface area contributed by atoms with E-state index >= 15 is 0 Å². The number of nitrogens with zero attached hydrogens (tertiary/aromatic N) is 2. The number of H-pyrrole nitrogens is 1. The Labute approximate surface area is 157 Å². The van der Waals surface area contributed by atoms with E-state index in [9.17, 15) is 9.59 Å². The number of carbonyl (C=O) groups is 1. The van der Waals surface area contributed by atoms with Crippen molar-refractivity contribution in [2.75, 3.05) is 0 Å². The first-order chi connectivity index (χ1) is 13.1. The molecule has 0 radical (unpaired) electrons. The smallest absolute Gasteiger partial charge is 0.280 e. The maximum Gasteiger partial charge on any atom is 0.280 e. The SMILES string of the molecule is CCCc1[nH]n(-c2ccccc2)c(=O)c1C(C)=NNC(=O)c1ccccc1. The monoisotopic (exact) mass is 362 g/mol. The molecule has 0 saturated heterocycles. The fraction of sp³-hybridized carbons (Fsp3) is 0.190. The van der Waals surface area contributed by atoms with Gasteiger partial charge in [0.15, 0.2) is 0 Å². The van der Waals surface area contributed by atoms with Crippen molar-refractivity contribution in [1.29, 1.82) is 0 Å². The van der Waals surface area contributed by atoms with Gasteiger partial charge in [-0.05, 0) is 37.6 Å². The number of hydrogen-bond acceptors (Lipinski definition) is 3.